The van der Waals surface area contributed by atoms with E-state index in [1.807, 2.05) is 31.2 Å². The van der Waals surface area contributed by atoms with Crippen LogP contribution in [0.25, 0.3) is 10.2 Å². The van der Waals surface area contributed by atoms with Crippen molar-refractivity contribution in [3.63, 3.8) is 0 Å². The van der Waals surface area contributed by atoms with Crippen LogP contribution in [0.3, 0.4) is 0 Å². The van der Waals surface area contributed by atoms with Crippen LogP contribution < -0.4 is 5.32 Å². The number of carbonyl (C=O) groups is 2. The number of rotatable bonds is 6. The van der Waals surface area contributed by atoms with Gasteiger partial charge >= 0.3 is 5.97 Å². The van der Waals surface area contributed by atoms with Gasteiger partial charge in [0.25, 0.3) is 0 Å². The smallest absolute Gasteiger partial charge is 0.337 e. The molecule has 0 saturated heterocycles. The first-order chi connectivity index (χ1) is 12.6. The number of nitrogens with one attached hydrogen (secondary N) is 1. The average Bonchev–Trinajstić information content (AvgIpc) is 3.05. The molecular formula is C19H18N2O3S2. The molecule has 7 heteroatoms. The maximum atomic E-state index is 12.2. The molecule has 1 aromatic heterocycles. The summed E-state index contributed by atoms with van der Waals surface area (Å²) in [4.78, 5) is 28.4. The van der Waals surface area contributed by atoms with E-state index in [-0.39, 0.29) is 5.91 Å². The van der Waals surface area contributed by atoms with Crippen LogP contribution in [0.4, 0.5) is 5.69 Å². The molecule has 1 N–H and O–H groups in total. The first kappa shape index (κ1) is 18.4. The average molecular weight is 386 g/mol. The van der Waals surface area contributed by atoms with Gasteiger partial charge in [-0.2, -0.15) is 0 Å². The summed E-state index contributed by atoms with van der Waals surface area (Å²) >= 11 is 3.16. The highest BCUT2D eigenvalue weighted by Crippen LogP contribution is 2.25. The topological polar surface area (TPSA) is 68.3 Å². The van der Waals surface area contributed by atoms with E-state index in [0.717, 1.165) is 20.8 Å². The summed E-state index contributed by atoms with van der Waals surface area (Å²) in [5.41, 5.74) is 2.92. The van der Waals surface area contributed by atoms with E-state index in [2.05, 4.69) is 10.3 Å². The van der Waals surface area contributed by atoms with Crippen LogP contribution in [0.1, 0.15) is 20.9 Å². The van der Waals surface area contributed by atoms with Gasteiger partial charge in [0.2, 0.25) is 5.91 Å². The molecule has 5 nitrogen and oxygen atoms in total. The van der Waals surface area contributed by atoms with Crippen molar-refractivity contribution >= 4 is 50.9 Å². The summed E-state index contributed by atoms with van der Waals surface area (Å²) < 4.78 is 5.87. The lowest BCUT2D eigenvalue weighted by Crippen LogP contribution is -2.15. The fraction of sp³-hybridized carbons (Fsp3) is 0.211. The van der Waals surface area contributed by atoms with Crippen LogP contribution in [-0.2, 0) is 15.3 Å². The third kappa shape index (κ3) is 4.42. The molecule has 0 aliphatic carbocycles. The molecule has 0 saturated carbocycles. The Morgan fingerprint density at radius 3 is 2.81 bits per heavy atom. The Labute approximate surface area is 159 Å². The highest BCUT2D eigenvalue weighted by molar-refractivity contribution is 7.99. The molecule has 3 aromatic rings. The van der Waals surface area contributed by atoms with Gasteiger partial charge in [-0.25, -0.2) is 9.78 Å². The zero-order chi connectivity index (χ0) is 18.5. The number of hydrogen-bond donors (Lipinski definition) is 1. The number of aromatic nitrogens is 1. The molecule has 26 heavy (non-hydrogen) atoms. The molecule has 0 radical (unpaired) electrons. The van der Waals surface area contributed by atoms with E-state index < -0.39 is 5.97 Å². The van der Waals surface area contributed by atoms with Gasteiger partial charge in [0.05, 0.1) is 28.6 Å². The molecule has 0 aliphatic heterocycles. The van der Waals surface area contributed by atoms with Crippen molar-refractivity contribution in [2.24, 2.45) is 0 Å². The Bertz CT molecular complexity index is 920. The molecule has 0 fully saturated rings. The van der Waals surface area contributed by atoms with Gasteiger partial charge in [-0.15, -0.1) is 23.1 Å². The molecule has 0 bridgehead atoms. The number of carbonyl (C=O) groups excluding carboxylic acids is 2. The van der Waals surface area contributed by atoms with Crippen molar-refractivity contribution in [2.75, 3.05) is 18.2 Å². The lowest BCUT2D eigenvalue weighted by atomic mass is 10.1. The van der Waals surface area contributed by atoms with Crippen LogP contribution in [-0.4, -0.2) is 29.7 Å². The summed E-state index contributed by atoms with van der Waals surface area (Å²) in [5, 5.41) is 3.87. The number of thioether (sulfide) groups is 1. The number of amides is 1. The molecule has 0 aliphatic rings. The number of methoxy groups -OCH3 is 1. The molecule has 2 aromatic carbocycles. The number of para-hydroxylation sites is 1. The quantitative estimate of drug-likeness (QED) is 0.641. The highest BCUT2D eigenvalue weighted by atomic mass is 32.2. The predicted octanol–water partition coefficient (Wildman–Crippen LogP) is 4.26. The minimum absolute atomic E-state index is 0.110. The van der Waals surface area contributed by atoms with E-state index >= 15 is 0 Å². The Morgan fingerprint density at radius 1 is 1.23 bits per heavy atom. The third-order valence-corrected chi connectivity index (χ3v) is 5.89. The Kier molecular flexibility index (Phi) is 5.90. The molecule has 0 spiro atoms. The second-order valence-corrected chi connectivity index (χ2v) is 7.74. The van der Waals surface area contributed by atoms with E-state index in [1.54, 1.807) is 29.5 Å². The summed E-state index contributed by atoms with van der Waals surface area (Å²) in [5.74, 6) is 0.470. The maximum Gasteiger partial charge on any atom is 0.337 e. The number of anilines is 1. The Morgan fingerprint density at radius 2 is 2.04 bits per heavy atom. The lowest BCUT2D eigenvalue weighted by molar-refractivity contribution is -0.113. The maximum absolute atomic E-state index is 12.2. The monoisotopic (exact) mass is 386 g/mol. The highest BCUT2D eigenvalue weighted by Gasteiger charge is 2.11. The van der Waals surface area contributed by atoms with Gasteiger partial charge < -0.3 is 10.1 Å². The van der Waals surface area contributed by atoms with Crippen LogP contribution in [0.5, 0.6) is 0 Å². The van der Waals surface area contributed by atoms with Crippen LogP contribution in [0.15, 0.2) is 42.5 Å². The van der Waals surface area contributed by atoms with Gasteiger partial charge in [0.1, 0.15) is 5.01 Å². The summed E-state index contributed by atoms with van der Waals surface area (Å²) in [6.07, 6.45) is 0. The van der Waals surface area contributed by atoms with Crippen molar-refractivity contribution < 1.29 is 14.3 Å². The van der Waals surface area contributed by atoms with Crippen molar-refractivity contribution in [3.05, 3.63) is 58.6 Å². The predicted molar refractivity (Wildman–Crippen MR) is 107 cm³/mol. The number of esters is 1. The summed E-state index contributed by atoms with van der Waals surface area (Å²) in [6.45, 7) is 1.88. The fourth-order valence-electron chi connectivity index (χ4n) is 2.40. The SMILES string of the molecule is COC(=O)c1ccc(C)c(NC(=O)CSCc2nc3ccccc3s2)c1. The first-order valence-electron chi connectivity index (χ1n) is 7.98. The van der Waals surface area contributed by atoms with Gasteiger partial charge in [0.15, 0.2) is 0 Å². The Hall–Kier alpha value is -2.38. The molecule has 1 amide bonds. The number of hydrogen-bond acceptors (Lipinski definition) is 6. The summed E-state index contributed by atoms with van der Waals surface area (Å²) in [6, 6.07) is 13.1. The molecule has 134 valence electrons. The van der Waals surface area contributed by atoms with Gasteiger partial charge in [-0.05, 0) is 36.8 Å². The van der Waals surface area contributed by atoms with Crippen molar-refractivity contribution in [2.45, 2.75) is 12.7 Å². The molecular weight excluding hydrogens is 368 g/mol. The zero-order valence-corrected chi connectivity index (χ0v) is 16.1. The minimum Gasteiger partial charge on any atom is -0.465 e. The number of fused-ring (bicyclic) bond motifs is 1. The van der Waals surface area contributed by atoms with E-state index in [0.29, 0.717) is 22.8 Å². The zero-order valence-electron chi connectivity index (χ0n) is 14.4. The molecule has 1 heterocycles. The number of thiazole rings is 1. The third-order valence-electron chi connectivity index (χ3n) is 3.73. The van der Waals surface area contributed by atoms with E-state index in [4.69, 9.17) is 4.74 Å². The number of aryl methyl sites for hydroxylation is 1. The standard InChI is InChI=1S/C19H18N2O3S2/c1-12-7-8-13(19(23)24-2)9-15(12)20-17(22)10-25-11-18-21-14-5-3-4-6-16(14)26-18/h3-9H,10-11H2,1-2H3,(H,20,22). The van der Waals surface area contributed by atoms with Gasteiger partial charge in [-0.3, -0.25) is 4.79 Å². The normalized spacial score (nSPS) is 10.7. The lowest BCUT2D eigenvalue weighted by Gasteiger charge is -2.09. The van der Waals surface area contributed by atoms with E-state index in [9.17, 15) is 9.59 Å². The van der Waals surface area contributed by atoms with Crippen molar-refractivity contribution in [1.29, 1.82) is 0 Å². The van der Waals surface area contributed by atoms with Gasteiger partial charge in [0, 0.05) is 11.4 Å². The first-order valence-corrected chi connectivity index (χ1v) is 9.95. The number of nitrogens with zero attached hydrogens (tertiary/aromatic N) is 1. The van der Waals surface area contributed by atoms with E-state index in [1.165, 1.54) is 18.9 Å². The molecule has 3 rings (SSSR count). The van der Waals surface area contributed by atoms with Crippen LogP contribution >= 0.6 is 23.1 Å². The number of benzene rings is 2. The fourth-order valence-corrected chi connectivity index (χ4v) is 4.25. The molecule has 0 unspecified atom stereocenters. The Balaban J connectivity index is 1.56. The van der Waals surface area contributed by atoms with Crippen LogP contribution in [0, 0.1) is 6.92 Å². The second-order valence-electron chi connectivity index (χ2n) is 5.64. The van der Waals surface area contributed by atoms with Crippen LogP contribution in [0.2, 0.25) is 0 Å². The van der Waals surface area contributed by atoms with Crippen molar-refractivity contribution in [3.8, 4) is 0 Å². The minimum atomic E-state index is -0.425. The largest absolute Gasteiger partial charge is 0.465 e. The molecule has 0 atom stereocenters. The summed E-state index contributed by atoms with van der Waals surface area (Å²) in [7, 11) is 1.33. The van der Waals surface area contributed by atoms with Gasteiger partial charge in [-0.1, -0.05) is 18.2 Å². The van der Waals surface area contributed by atoms with Crippen molar-refractivity contribution in [1.82, 2.24) is 4.98 Å². The number of ether oxygens (including phenoxy) is 1. The second kappa shape index (κ2) is 8.33.